The van der Waals surface area contributed by atoms with Crippen molar-refractivity contribution < 1.29 is 9.18 Å². The molecule has 1 heterocycles. The lowest BCUT2D eigenvalue weighted by atomic mass is 9.79. The molecule has 0 aliphatic heterocycles. The highest BCUT2D eigenvalue weighted by Crippen LogP contribution is 2.40. The van der Waals surface area contributed by atoms with Gasteiger partial charge >= 0.3 is 0 Å². The van der Waals surface area contributed by atoms with E-state index in [2.05, 4.69) is 10.3 Å². The first-order valence-electron chi connectivity index (χ1n) is 9.54. The van der Waals surface area contributed by atoms with Crippen molar-refractivity contribution in [1.29, 1.82) is 0 Å². The molecule has 1 aromatic heterocycles. The number of rotatable bonds is 5. The third-order valence-electron chi connectivity index (χ3n) is 5.69. The summed E-state index contributed by atoms with van der Waals surface area (Å²) in [5.74, 6) is -0.489. The van der Waals surface area contributed by atoms with Gasteiger partial charge in [0.05, 0.1) is 17.2 Å². The van der Waals surface area contributed by atoms with E-state index in [9.17, 15) is 14.0 Å². The highest BCUT2D eigenvalue weighted by molar-refractivity contribution is 5.78. The summed E-state index contributed by atoms with van der Waals surface area (Å²) in [4.78, 5) is 29.3. The molecular weight excluding hydrogens is 357 g/mol. The van der Waals surface area contributed by atoms with Gasteiger partial charge in [-0.2, -0.15) is 0 Å². The molecule has 5 nitrogen and oxygen atoms in total. The molecule has 1 N–H and O–H groups in total. The predicted octanol–water partition coefficient (Wildman–Crippen LogP) is 3.16. The van der Waals surface area contributed by atoms with E-state index in [1.54, 1.807) is 18.2 Å². The van der Waals surface area contributed by atoms with Crippen molar-refractivity contribution in [2.24, 2.45) is 0 Å². The van der Waals surface area contributed by atoms with Gasteiger partial charge in [0.2, 0.25) is 5.91 Å². The topological polar surface area (TPSA) is 64.0 Å². The van der Waals surface area contributed by atoms with E-state index in [1.165, 1.54) is 23.0 Å². The second-order valence-corrected chi connectivity index (χ2v) is 7.47. The first-order chi connectivity index (χ1) is 13.6. The Morgan fingerprint density at radius 1 is 1.11 bits per heavy atom. The highest BCUT2D eigenvalue weighted by atomic mass is 19.1. The number of hydrogen-bond acceptors (Lipinski definition) is 3. The van der Waals surface area contributed by atoms with Crippen LogP contribution < -0.4 is 10.9 Å². The lowest BCUT2D eigenvalue weighted by Gasteiger charge is -2.30. The Kier molecular flexibility index (Phi) is 4.94. The van der Waals surface area contributed by atoms with Crippen LogP contribution in [-0.4, -0.2) is 22.0 Å². The number of para-hydroxylation sites is 1. The number of amides is 1. The van der Waals surface area contributed by atoms with Crippen molar-refractivity contribution in [1.82, 2.24) is 14.9 Å². The number of carbonyl (C=O) groups is 1. The molecule has 0 saturated heterocycles. The normalized spacial score (nSPS) is 15.6. The van der Waals surface area contributed by atoms with E-state index < -0.39 is 0 Å². The molecule has 0 bridgehead atoms. The second-order valence-electron chi connectivity index (χ2n) is 7.47. The van der Waals surface area contributed by atoms with Crippen LogP contribution in [0.3, 0.4) is 0 Å². The van der Waals surface area contributed by atoms with Crippen LogP contribution in [-0.2, 0) is 16.8 Å². The number of nitrogens with zero attached hydrogens (tertiary/aromatic N) is 2. The first kappa shape index (κ1) is 18.3. The van der Waals surface area contributed by atoms with E-state index >= 15 is 0 Å². The molecule has 1 fully saturated rings. The zero-order valence-corrected chi connectivity index (χ0v) is 15.5. The standard InChI is InChI=1S/C22H22FN3O2/c23-17-9-7-16(8-10-17)22(11-3-4-12-22)14-24-20(27)13-26-15-25-19-6-2-1-5-18(19)21(26)28/h1-2,5-10,15H,3-4,11-14H2,(H,24,27). The Balaban J connectivity index is 1.48. The van der Waals surface area contributed by atoms with Crippen molar-refractivity contribution >= 4 is 16.8 Å². The zero-order valence-electron chi connectivity index (χ0n) is 15.5. The number of halogens is 1. The first-order valence-corrected chi connectivity index (χ1v) is 9.54. The number of carbonyl (C=O) groups excluding carboxylic acids is 1. The number of aromatic nitrogens is 2. The molecule has 4 rings (SSSR count). The summed E-state index contributed by atoms with van der Waals surface area (Å²) in [6.45, 7) is 0.406. The van der Waals surface area contributed by atoms with Crippen LogP contribution in [0.25, 0.3) is 10.9 Å². The average Bonchev–Trinajstić information content (AvgIpc) is 3.19. The van der Waals surface area contributed by atoms with Gasteiger partial charge in [-0.1, -0.05) is 37.1 Å². The zero-order chi connectivity index (χ0) is 19.6. The summed E-state index contributed by atoms with van der Waals surface area (Å²) in [7, 11) is 0. The molecule has 0 radical (unpaired) electrons. The monoisotopic (exact) mass is 379 g/mol. The molecule has 1 aliphatic carbocycles. The molecule has 1 amide bonds. The molecule has 6 heteroatoms. The highest BCUT2D eigenvalue weighted by Gasteiger charge is 2.35. The average molecular weight is 379 g/mol. The smallest absolute Gasteiger partial charge is 0.261 e. The van der Waals surface area contributed by atoms with E-state index in [0.29, 0.717) is 17.4 Å². The summed E-state index contributed by atoms with van der Waals surface area (Å²) in [5, 5.41) is 3.48. The van der Waals surface area contributed by atoms with Gasteiger partial charge in [0, 0.05) is 12.0 Å². The minimum Gasteiger partial charge on any atom is -0.354 e. The van der Waals surface area contributed by atoms with Crippen molar-refractivity contribution in [3.8, 4) is 0 Å². The lowest BCUT2D eigenvalue weighted by molar-refractivity contribution is -0.122. The van der Waals surface area contributed by atoms with Gasteiger partial charge in [-0.05, 0) is 42.7 Å². The Morgan fingerprint density at radius 3 is 2.57 bits per heavy atom. The van der Waals surface area contributed by atoms with Gasteiger partial charge in [-0.25, -0.2) is 9.37 Å². The van der Waals surface area contributed by atoms with Gasteiger partial charge in [0.15, 0.2) is 0 Å². The van der Waals surface area contributed by atoms with Crippen LogP contribution >= 0.6 is 0 Å². The van der Waals surface area contributed by atoms with E-state index in [1.807, 2.05) is 18.2 Å². The van der Waals surface area contributed by atoms with E-state index in [4.69, 9.17) is 0 Å². The summed E-state index contributed by atoms with van der Waals surface area (Å²) < 4.78 is 14.6. The molecule has 0 spiro atoms. The van der Waals surface area contributed by atoms with Gasteiger partial charge in [0.25, 0.3) is 5.56 Å². The SMILES string of the molecule is O=C(Cn1cnc2ccccc2c1=O)NCC1(c2ccc(F)cc2)CCCC1. The van der Waals surface area contributed by atoms with Crippen molar-refractivity contribution in [2.75, 3.05) is 6.54 Å². The fourth-order valence-electron chi connectivity index (χ4n) is 4.12. The van der Waals surface area contributed by atoms with E-state index in [0.717, 1.165) is 31.2 Å². The quantitative estimate of drug-likeness (QED) is 0.741. The summed E-state index contributed by atoms with van der Waals surface area (Å²) in [6.07, 6.45) is 5.49. The molecule has 144 valence electrons. The maximum Gasteiger partial charge on any atom is 0.261 e. The van der Waals surface area contributed by atoms with Crippen LogP contribution in [0.5, 0.6) is 0 Å². The van der Waals surface area contributed by atoms with Crippen molar-refractivity contribution in [2.45, 2.75) is 37.6 Å². The second kappa shape index (κ2) is 7.54. The van der Waals surface area contributed by atoms with Crippen molar-refractivity contribution in [3.05, 3.63) is 76.6 Å². The Labute approximate surface area is 162 Å². The van der Waals surface area contributed by atoms with Crippen LogP contribution in [0, 0.1) is 5.82 Å². The van der Waals surface area contributed by atoms with Crippen LogP contribution in [0.4, 0.5) is 4.39 Å². The molecule has 1 saturated carbocycles. The fraction of sp³-hybridized carbons (Fsp3) is 0.318. The number of nitrogens with one attached hydrogen (secondary N) is 1. The van der Waals surface area contributed by atoms with E-state index in [-0.39, 0.29) is 29.2 Å². The van der Waals surface area contributed by atoms with Crippen LogP contribution in [0.1, 0.15) is 31.2 Å². The van der Waals surface area contributed by atoms with Gasteiger partial charge < -0.3 is 5.32 Å². The van der Waals surface area contributed by atoms with Gasteiger partial charge in [-0.3, -0.25) is 14.2 Å². The fourth-order valence-corrected chi connectivity index (χ4v) is 4.12. The molecule has 0 unspecified atom stereocenters. The molecule has 3 aromatic rings. The maximum atomic E-state index is 13.3. The number of hydrogen-bond donors (Lipinski definition) is 1. The minimum atomic E-state index is -0.260. The number of fused-ring (bicyclic) bond motifs is 1. The lowest BCUT2D eigenvalue weighted by Crippen LogP contribution is -2.41. The Morgan fingerprint density at radius 2 is 1.82 bits per heavy atom. The van der Waals surface area contributed by atoms with Gasteiger partial charge in [0.1, 0.15) is 12.4 Å². The molecule has 0 atom stereocenters. The molecule has 2 aromatic carbocycles. The Hall–Kier alpha value is -3.02. The predicted molar refractivity (Wildman–Crippen MR) is 106 cm³/mol. The number of benzene rings is 2. The van der Waals surface area contributed by atoms with Gasteiger partial charge in [-0.15, -0.1) is 0 Å². The third-order valence-corrected chi connectivity index (χ3v) is 5.69. The largest absolute Gasteiger partial charge is 0.354 e. The Bertz CT molecular complexity index is 1050. The van der Waals surface area contributed by atoms with Crippen molar-refractivity contribution in [3.63, 3.8) is 0 Å². The molecular formula is C22H22FN3O2. The summed E-state index contributed by atoms with van der Waals surface area (Å²) in [6, 6.07) is 13.6. The summed E-state index contributed by atoms with van der Waals surface area (Å²) >= 11 is 0. The minimum absolute atomic E-state index is 0.0732. The van der Waals surface area contributed by atoms with Crippen LogP contribution in [0.2, 0.25) is 0 Å². The molecule has 1 aliphatic rings. The maximum absolute atomic E-state index is 13.3. The third kappa shape index (κ3) is 3.54. The summed E-state index contributed by atoms with van der Waals surface area (Å²) in [5.41, 5.74) is 1.27. The molecule has 28 heavy (non-hydrogen) atoms. The van der Waals surface area contributed by atoms with Crippen LogP contribution in [0.15, 0.2) is 59.7 Å².